The molecule has 0 radical (unpaired) electrons. The van der Waals surface area contributed by atoms with E-state index in [1.807, 2.05) is 6.08 Å². The maximum Gasteiger partial charge on any atom is -0.0142 e. The molecule has 0 unspecified atom stereocenters. The van der Waals surface area contributed by atoms with E-state index in [0.717, 1.165) is 12.8 Å². The van der Waals surface area contributed by atoms with Gasteiger partial charge < -0.3 is 0 Å². The van der Waals surface area contributed by atoms with Crippen molar-refractivity contribution in [1.29, 1.82) is 0 Å². The van der Waals surface area contributed by atoms with E-state index >= 15 is 0 Å². The molecule has 0 saturated heterocycles. The zero-order valence-corrected chi connectivity index (χ0v) is 8.60. The first-order chi connectivity index (χ1) is 5.85. The van der Waals surface area contributed by atoms with Crippen LogP contribution >= 0.6 is 0 Å². The van der Waals surface area contributed by atoms with Crippen LogP contribution in [0.15, 0.2) is 24.3 Å². The first kappa shape index (κ1) is 11.5. The molecule has 0 fully saturated rings. The van der Waals surface area contributed by atoms with E-state index < -0.39 is 0 Å². The molecular formula is C12H22. The van der Waals surface area contributed by atoms with Crippen molar-refractivity contribution in [3.8, 4) is 0 Å². The maximum absolute atomic E-state index is 3.77. The molecule has 0 aromatic heterocycles. The second kappa shape index (κ2) is 8.58. The molecule has 12 heavy (non-hydrogen) atoms. The molecular weight excluding hydrogens is 144 g/mol. The molecule has 0 aliphatic carbocycles. The third-order valence-electron chi connectivity index (χ3n) is 2.00. The fourth-order valence-corrected chi connectivity index (χ4v) is 1.36. The summed E-state index contributed by atoms with van der Waals surface area (Å²) in [6, 6.07) is 0. The Labute approximate surface area is 77.4 Å². The Kier molecular flexibility index (Phi) is 8.20. The van der Waals surface area contributed by atoms with Crippen molar-refractivity contribution in [2.24, 2.45) is 0 Å². The van der Waals surface area contributed by atoms with E-state index in [0.29, 0.717) is 0 Å². The molecule has 0 aromatic rings. The van der Waals surface area contributed by atoms with Crippen molar-refractivity contribution in [2.45, 2.75) is 52.4 Å². The van der Waals surface area contributed by atoms with Crippen LogP contribution in [0.5, 0.6) is 0 Å². The number of hydrogen-bond acceptors (Lipinski definition) is 0. The second-order valence-corrected chi connectivity index (χ2v) is 3.22. The lowest BCUT2D eigenvalue weighted by atomic mass is 10.0. The van der Waals surface area contributed by atoms with Gasteiger partial charge in [0.25, 0.3) is 0 Å². The number of rotatable bonds is 7. The zero-order chi connectivity index (χ0) is 9.23. The Balaban J connectivity index is 3.63. The van der Waals surface area contributed by atoms with Crippen LogP contribution in [0.25, 0.3) is 0 Å². The summed E-state index contributed by atoms with van der Waals surface area (Å²) in [6.07, 6.45) is 11.9. The van der Waals surface area contributed by atoms with Gasteiger partial charge in [0.05, 0.1) is 0 Å². The molecule has 0 rings (SSSR count). The number of hydrogen-bond donors (Lipinski definition) is 0. The minimum absolute atomic E-state index is 1.08. The second-order valence-electron chi connectivity index (χ2n) is 3.22. The van der Waals surface area contributed by atoms with Crippen LogP contribution in [0.3, 0.4) is 0 Å². The Hall–Kier alpha value is -0.520. The van der Waals surface area contributed by atoms with Crippen molar-refractivity contribution < 1.29 is 0 Å². The van der Waals surface area contributed by atoms with E-state index in [4.69, 9.17) is 0 Å². The van der Waals surface area contributed by atoms with Gasteiger partial charge in [0.15, 0.2) is 0 Å². The van der Waals surface area contributed by atoms with Gasteiger partial charge in [0.2, 0.25) is 0 Å². The van der Waals surface area contributed by atoms with Gasteiger partial charge in [-0.2, -0.15) is 0 Å². The number of unbranched alkanes of at least 4 members (excludes halogenated alkanes) is 2. The van der Waals surface area contributed by atoms with Crippen LogP contribution in [0.4, 0.5) is 0 Å². The molecule has 0 saturated carbocycles. The molecule has 0 atom stereocenters. The quantitative estimate of drug-likeness (QED) is 0.386. The van der Waals surface area contributed by atoms with Gasteiger partial charge in [0, 0.05) is 0 Å². The summed E-state index contributed by atoms with van der Waals surface area (Å²) >= 11 is 0. The Morgan fingerprint density at radius 1 is 1.25 bits per heavy atom. The normalized spacial score (nSPS) is 11.7. The topological polar surface area (TPSA) is 0 Å². The molecule has 0 aromatic carbocycles. The van der Waals surface area contributed by atoms with Crippen molar-refractivity contribution in [2.75, 3.05) is 0 Å². The summed E-state index contributed by atoms with van der Waals surface area (Å²) in [5.41, 5.74) is 1.57. The summed E-state index contributed by atoms with van der Waals surface area (Å²) in [5, 5.41) is 0. The van der Waals surface area contributed by atoms with Gasteiger partial charge in [-0.15, -0.1) is 6.58 Å². The standard InChI is InChI=1S/C12H22/c1-4-7-8-11-12(9-5-2)10-6-3/h5,10H,2,4,6-9,11H2,1,3H3. The molecule has 0 spiro atoms. The first-order valence-electron chi connectivity index (χ1n) is 5.13. The van der Waals surface area contributed by atoms with E-state index in [1.165, 1.54) is 25.7 Å². The van der Waals surface area contributed by atoms with Gasteiger partial charge in [-0.1, -0.05) is 44.4 Å². The minimum Gasteiger partial charge on any atom is -0.103 e. The number of allylic oxidation sites excluding steroid dienone is 3. The molecule has 0 N–H and O–H groups in total. The fourth-order valence-electron chi connectivity index (χ4n) is 1.36. The first-order valence-corrected chi connectivity index (χ1v) is 5.13. The van der Waals surface area contributed by atoms with E-state index in [1.54, 1.807) is 5.57 Å². The molecule has 70 valence electrons. The van der Waals surface area contributed by atoms with Crippen molar-refractivity contribution in [3.63, 3.8) is 0 Å². The lowest BCUT2D eigenvalue weighted by Gasteiger charge is -2.03. The van der Waals surface area contributed by atoms with Crippen LogP contribution in [-0.4, -0.2) is 0 Å². The zero-order valence-electron chi connectivity index (χ0n) is 8.60. The smallest absolute Gasteiger partial charge is 0.0142 e. The lowest BCUT2D eigenvalue weighted by molar-refractivity contribution is 0.705. The third kappa shape index (κ3) is 6.21. The van der Waals surface area contributed by atoms with Crippen LogP contribution in [0.1, 0.15) is 52.4 Å². The highest BCUT2D eigenvalue weighted by Crippen LogP contribution is 2.13. The summed E-state index contributed by atoms with van der Waals surface area (Å²) in [6.45, 7) is 8.21. The SMILES string of the molecule is C=CCC(=CCC)CCCCC. The van der Waals surface area contributed by atoms with Crippen LogP contribution in [0.2, 0.25) is 0 Å². The molecule has 0 heteroatoms. The molecule has 0 heterocycles. The highest BCUT2D eigenvalue weighted by atomic mass is 14.0. The van der Waals surface area contributed by atoms with Gasteiger partial charge in [-0.25, -0.2) is 0 Å². The predicted octanol–water partition coefficient (Wildman–Crippen LogP) is 4.48. The highest BCUT2D eigenvalue weighted by Gasteiger charge is 1.93. The van der Waals surface area contributed by atoms with Gasteiger partial charge in [-0.05, 0) is 25.7 Å². The lowest BCUT2D eigenvalue weighted by Crippen LogP contribution is -1.83. The third-order valence-corrected chi connectivity index (χ3v) is 2.00. The molecule has 0 aliphatic rings. The fraction of sp³-hybridized carbons (Fsp3) is 0.667. The Bertz CT molecular complexity index is 131. The molecule has 0 amide bonds. The molecule has 0 aliphatic heterocycles. The molecule has 0 nitrogen and oxygen atoms in total. The highest BCUT2D eigenvalue weighted by molar-refractivity contribution is 5.05. The van der Waals surface area contributed by atoms with Gasteiger partial charge >= 0.3 is 0 Å². The van der Waals surface area contributed by atoms with Crippen LogP contribution in [-0.2, 0) is 0 Å². The largest absolute Gasteiger partial charge is 0.103 e. The minimum atomic E-state index is 1.08. The summed E-state index contributed by atoms with van der Waals surface area (Å²) in [4.78, 5) is 0. The molecule has 0 bridgehead atoms. The van der Waals surface area contributed by atoms with E-state index in [9.17, 15) is 0 Å². The van der Waals surface area contributed by atoms with Crippen molar-refractivity contribution >= 4 is 0 Å². The van der Waals surface area contributed by atoms with Crippen LogP contribution < -0.4 is 0 Å². The maximum atomic E-state index is 3.77. The monoisotopic (exact) mass is 166 g/mol. The average Bonchev–Trinajstić information content (AvgIpc) is 2.06. The van der Waals surface area contributed by atoms with Crippen molar-refractivity contribution in [1.82, 2.24) is 0 Å². The average molecular weight is 166 g/mol. The Morgan fingerprint density at radius 3 is 2.50 bits per heavy atom. The van der Waals surface area contributed by atoms with Gasteiger partial charge in [0.1, 0.15) is 0 Å². The summed E-state index contributed by atoms with van der Waals surface area (Å²) < 4.78 is 0. The van der Waals surface area contributed by atoms with Crippen LogP contribution in [0, 0.1) is 0 Å². The van der Waals surface area contributed by atoms with Gasteiger partial charge in [-0.3, -0.25) is 0 Å². The predicted molar refractivity (Wildman–Crippen MR) is 57.3 cm³/mol. The summed E-state index contributed by atoms with van der Waals surface area (Å²) in [5.74, 6) is 0. The Morgan fingerprint density at radius 2 is 2.00 bits per heavy atom. The van der Waals surface area contributed by atoms with E-state index in [-0.39, 0.29) is 0 Å². The van der Waals surface area contributed by atoms with E-state index in [2.05, 4.69) is 26.5 Å². The summed E-state index contributed by atoms with van der Waals surface area (Å²) in [7, 11) is 0. The van der Waals surface area contributed by atoms with Crippen molar-refractivity contribution in [3.05, 3.63) is 24.3 Å².